The summed E-state index contributed by atoms with van der Waals surface area (Å²) in [7, 11) is 0. The molecule has 0 amide bonds. The number of rotatable bonds is 6. The minimum Gasteiger partial charge on any atom is -0.494 e. The third kappa shape index (κ3) is 4.04. The van der Waals surface area contributed by atoms with Crippen molar-refractivity contribution in [1.29, 1.82) is 0 Å². The first kappa shape index (κ1) is 18.6. The fraction of sp³-hybridized carbons (Fsp3) is 0.429. The van der Waals surface area contributed by atoms with Gasteiger partial charge in [0.05, 0.1) is 24.2 Å². The van der Waals surface area contributed by atoms with E-state index in [9.17, 15) is 0 Å². The van der Waals surface area contributed by atoms with Crippen molar-refractivity contribution < 1.29 is 4.74 Å². The van der Waals surface area contributed by atoms with Gasteiger partial charge in [-0.2, -0.15) is 0 Å². The Hall–Kier alpha value is -2.80. The van der Waals surface area contributed by atoms with E-state index in [0.29, 0.717) is 17.8 Å². The van der Waals surface area contributed by atoms with E-state index in [1.807, 2.05) is 36.5 Å². The molecule has 28 heavy (non-hydrogen) atoms. The lowest BCUT2D eigenvalue weighted by molar-refractivity contribution is 0.317. The number of benzene rings is 1. The Morgan fingerprint density at radius 3 is 2.64 bits per heavy atom. The molecule has 7 heteroatoms. The van der Waals surface area contributed by atoms with E-state index in [-0.39, 0.29) is 0 Å². The summed E-state index contributed by atoms with van der Waals surface area (Å²) in [6.07, 6.45) is 7.23. The lowest BCUT2D eigenvalue weighted by atomic mass is 9.85. The zero-order chi connectivity index (χ0) is 19.5. The number of fused-ring (bicyclic) bond motifs is 1. The summed E-state index contributed by atoms with van der Waals surface area (Å²) < 4.78 is 7.42. The number of ether oxygens (including phenoxy) is 1. The van der Waals surface area contributed by atoms with Crippen molar-refractivity contribution in [3.05, 3.63) is 42.2 Å². The molecule has 3 aromatic rings. The lowest BCUT2D eigenvalue weighted by Crippen LogP contribution is -2.25. The van der Waals surface area contributed by atoms with Crippen LogP contribution in [0, 0.1) is 0 Å². The van der Waals surface area contributed by atoms with Crippen molar-refractivity contribution >= 4 is 22.8 Å². The first-order chi connectivity index (χ1) is 13.6. The molecule has 0 atom stereocenters. The molecule has 1 aromatic carbocycles. The Morgan fingerprint density at radius 1 is 1.18 bits per heavy atom. The molecule has 0 spiro atoms. The van der Waals surface area contributed by atoms with Crippen LogP contribution < -0.4 is 21.5 Å². The summed E-state index contributed by atoms with van der Waals surface area (Å²) in [6, 6.07) is 10.0. The van der Waals surface area contributed by atoms with Crippen LogP contribution in [-0.4, -0.2) is 27.2 Å². The fourth-order valence-electron chi connectivity index (χ4n) is 3.73. The predicted molar refractivity (Wildman–Crippen MR) is 112 cm³/mol. The summed E-state index contributed by atoms with van der Waals surface area (Å²) >= 11 is 0. The fourth-order valence-corrected chi connectivity index (χ4v) is 3.73. The van der Waals surface area contributed by atoms with Crippen molar-refractivity contribution in [1.82, 2.24) is 14.6 Å². The van der Waals surface area contributed by atoms with Gasteiger partial charge in [0.25, 0.3) is 0 Å². The minimum atomic E-state index is 0.323. The Bertz CT molecular complexity index is 928. The SMILES string of the molecule is CCCOc1ccc(Nc2cc(N)nn3cc([C@H]4CC[C@H](N)CC4)nc23)cc1. The van der Waals surface area contributed by atoms with Crippen molar-refractivity contribution in [3.8, 4) is 5.75 Å². The molecular formula is C21H28N6O. The van der Waals surface area contributed by atoms with Gasteiger partial charge in [-0.05, 0) is 56.4 Å². The zero-order valence-corrected chi connectivity index (χ0v) is 16.3. The molecule has 1 saturated carbocycles. The molecule has 0 radical (unpaired) electrons. The molecule has 4 rings (SSSR count). The molecule has 1 aliphatic carbocycles. The maximum atomic E-state index is 6.04. The third-order valence-corrected chi connectivity index (χ3v) is 5.26. The van der Waals surface area contributed by atoms with Gasteiger partial charge in [-0.3, -0.25) is 0 Å². The van der Waals surface area contributed by atoms with Crippen LogP contribution in [0.25, 0.3) is 5.65 Å². The van der Waals surface area contributed by atoms with Gasteiger partial charge < -0.3 is 21.5 Å². The summed E-state index contributed by atoms with van der Waals surface area (Å²) in [5, 5.41) is 7.82. The number of aromatic nitrogens is 3. The zero-order valence-electron chi connectivity index (χ0n) is 16.3. The second-order valence-electron chi connectivity index (χ2n) is 7.53. The lowest BCUT2D eigenvalue weighted by Gasteiger charge is -2.24. The van der Waals surface area contributed by atoms with Gasteiger partial charge in [-0.15, -0.1) is 5.10 Å². The molecule has 0 aliphatic heterocycles. The van der Waals surface area contributed by atoms with Crippen LogP contribution in [-0.2, 0) is 0 Å². The van der Waals surface area contributed by atoms with Crippen LogP contribution in [0.5, 0.6) is 5.75 Å². The van der Waals surface area contributed by atoms with Crippen LogP contribution in [0.2, 0.25) is 0 Å². The predicted octanol–water partition coefficient (Wildman–Crippen LogP) is 3.83. The molecule has 7 nitrogen and oxygen atoms in total. The average Bonchev–Trinajstić information content (AvgIpc) is 3.12. The summed E-state index contributed by atoms with van der Waals surface area (Å²) in [4.78, 5) is 4.87. The molecular weight excluding hydrogens is 352 g/mol. The second kappa shape index (κ2) is 8.06. The van der Waals surface area contributed by atoms with E-state index in [4.69, 9.17) is 21.2 Å². The van der Waals surface area contributed by atoms with Crippen LogP contribution in [0.15, 0.2) is 36.5 Å². The summed E-state index contributed by atoms with van der Waals surface area (Å²) in [5.41, 5.74) is 15.7. The Morgan fingerprint density at radius 2 is 1.93 bits per heavy atom. The van der Waals surface area contributed by atoms with Crippen LogP contribution >= 0.6 is 0 Å². The first-order valence-electron chi connectivity index (χ1n) is 10.0. The molecule has 0 bridgehead atoms. The maximum Gasteiger partial charge on any atom is 0.177 e. The topological polar surface area (TPSA) is 103 Å². The van der Waals surface area contributed by atoms with E-state index in [0.717, 1.165) is 67.2 Å². The highest BCUT2D eigenvalue weighted by atomic mass is 16.5. The number of nitrogen functional groups attached to an aromatic ring is 1. The van der Waals surface area contributed by atoms with Gasteiger partial charge in [0.15, 0.2) is 5.65 Å². The Labute approximate surface area is 165 Å². The minimum absolute atomic E-state index is 0.323. The molecule has 0 unspecified atom stereocenters. The normalized spacial score (nSPS) is 19.6. The monoisotopic (exact) mass is 380 g/mol. The summed E-state index contributed by atoms with van der Waals surface area (Å²) in [5.74, 6) is 1.75. The van der Waals surface area contributed by atoms with Gasteiger partial charge in [-0.1, -0.05) is 6.92 Å². The molecule has 0 saturated heterocycles. The number of nitrogens with zero attached hydrogens (tertiary/aromatic N) is 3. The van der Waals surface area contributed by atoms with E-state index >= 15 is 0 Å². The number of nitrogens with two attached hydrogens (primary N) is 2. The highest BCUT2D eigenvalue weighted by molar-refractivity contribution is 5.75. The van der Waals surface area contributed by atoms with Crippen molar-refractivity contribution in [3.63, 3.8) is 0 Å². The van der Waals surface area contributed by atoms with Gasteiger partial charge in [-0.25, -0.2) is 9.50 Å². The van der Waals surface area contributed by atoms with Crippen LogP contribution in [0.4, 0.5) is 17.2 Å². The standard InChI is InChI=1S/C21H28N6O/c1-2-11-28-17-9-7-16(8-10-17)24-18-12-20(23)26-27-13-19(25-21(18)27)14-3-5-15(22)6-4-14/h7-10,12-15,24H,2-6,11,22H2,1H3,(H2,23,26)/t14-,15-. The third-order valence-electron chi connectivity index (χ3n) is 5.26. The number of imidazole rings is 1. The number of hydrogen-bond donors (Lipinski definition) is 3. The van der Waals surface area contributed by atoms with Gasteiger partial charge >= 0.3 is 0 Å². The average molecular weight is 380 g/mol. The smallest absolute Gasteiger partial charge is 0.177 e. The largest absolute Gasteiger partial charge is 0.494 e. The molecule has 2 heterocycles. The van der Waals surface area contributed by atoms with Crippen LogP contribution in [0.3, 0.4) is 0 Å². The van der Waals surface area contributed by atoms with E-state index in [1.165, 1.54) is 0 Å². The second-order valence-corrected chi connectivity index (χ2v) is 7.53. The molecule has 1 aliphatic rings. The highest BCUT2D eigenvalue weighted by Gasteiger charge is 2.23. The summed E-state index contributed by atoms with van der Waals surface area (Å²) in [6.45, 7) is 2.81. The van der Waals surface area contributed by atoms with E-state index in [1.54, 1.807) is 4.52 Å². The number of hydrogen-bond acceptors (Lipinski definition) is 6. The Kier molecular flexibility index (Phi) is 5.34. The van der Waals surface area contributed by atoms with Gasteiger partial charge in [0.2, 0.25) is 0 Å². The Balaban J connectivity index is 1.58. The highest BCUT2D eigenvalue weighted by Crippen LogP contribution is 2.33. The molecule has 1 fully saturated rings. The number of nitrogens with one attached hydrogen (secondary N) is 1. The molecule has 148 valence electrons. The maximum absolute atomic E-state index is 6.04. The first-order valence-corrected chi connectivity index (χ1v) is 10.0. The molecule has 2 aromatic heterocycles. The van der Waals surface area contributed by atoms with Crippen molar-refractivity contribution in [2.45, 2.75) is 51.0 Å². The number of anilines is 3. The van der Waals surface area contributed by atoms with E-state index < -0.39 is 0 Å². The van der Waals surface area contributed by atoms with Gasteiger partial charge in [0, 0.05) is 23.7 Å². The van der Waals surface area contributed by atoms with E-state index in [2.05, 4.69) is 17.3 Å². The van der Waals surface area contributed by atoms with Gasteiger partial charge in [0.1, 0.15) is 11.6 Å². The quantitative estimate of drug-likeness (QED) is 0.600. The van der Waals surface area contributed by atoms with Crippen molar-refractivity contribution in [2.24, 2.45) is 5.73 Å². The van der Waals surface area contributed by atoms with Crippen LogP contribution in [0.1, 0.15) is 50.6 Å². The van der Waals surface area contributed by atoms with Crippen molar-refractivity contribution in [2.75, 3.05) is 17.7 Å². The molecule has 5 N–H and O–H groups in total.